The highest BCUT2D eigenvalue weighted by Gasteiger charge is 1.90. The lowest BCUT2D eigenvalue weighted by Crippen LogP contribution is -2.19. The van der Waals surface area contributed by atoms with E-state index in [1.54, 1.807) is 19.9 Å². The number of hydroxylamine groups is 2. The van der Waals surface area contributed by atoms with Crippen molar-refractivity contribution in [2.75, 3.05) is 13.2 Å². The largest absolute Gasteiger partial charge is 0.753 e. The van der Waals surface area contributed by atoms with Crippen molar-refractivity contribution >= 4 is 0 Å². The summed E-state index contributed by atoms with van der Waals surface area (Å²) in [6.07, 6.45) is 1.67. The molecule has 60 valence electrons. The van der Waals surface area contributed by atoms with E-state index >= 15 is 0 Å². The quantitative estimate of drug-likeness (QED) is 0.467. The first kappa shape index (κ1) is 9.42. The van der Waals surface area contributed by atoms with Crippen molar-refractivity contribution < 1.29 is 9.94 Å². The number of hydrogen-bond donors (Lipinski definition) is 1. The molecule has 0 aromatic carbocycles. The van der Waals surface area contributed by atoms with Crippen LogP contribution >= 0.6 is 0 Å². The molecule has 0 saturated carbocycles. The molecule has 0 spiro atoms. The number of nitrogens with zero attached hydrogens (tertiary/aromatic N) is 1. The molecule has 0 atom stereocenters. The van der Waals surface area contributed by atoms with Crippen LogP contribution in [0.4, 0.5) is 0 Å². The summed E-state index contributed by atoms with van der Waals surface area (Å²) in [6, 6.07) is 0. The van der Waals surface area contributed by atoms with E-state index in [0.717, 1.165) is 0 Å². The molecule has 0 heterocycles. The van der Waals surface area contributed by atoms with E-state index in [4.69, 9.17) is 5.11 Å². The summed E-state index contributed by atoms with van der Waals surface area (Å²) in [7, 11) is 0. The zero-order valence-corrected chi connectivity index (χ0v) is 6.20. The summed E-state index contributed by atoms with van der Waals surface area (Å²) in [5.74, 6) is 0.531. The Hall–Kier alpha value is -0.580. The van der Waals surface area contributed by atoms with Gasteiger partial charge in [0.25, 0.3) is 0 Å². The molecular weight excluding hydrogens is 134 g/mol. The zero-order valence-electron chi connectivity index (χ0n) is 6.20. The summed E-state index contributed by atoms with van der Waals surface area (Å²) in [6.45, 7) is 3.22. The Morgan fingerprint density at radius 1 is 1.80 bits per heavy atom. The Morgan fingerprint density at radius 3 is 2.80 bits per heavy atom. The van der Waals surface area contributed by atoms with E-state index in [1.807, 2.05) is 0 Å². The molecule has 0 amide bonds. The van der Waals surface area contributed by atoms with Crippen LogP contribution in [0.5, 0.6) is 0 Å². The number of aliphatic hydroxyl groups excluding tert-OH is 1. The monoisotopic (exact) mass is 146 g/mol. The van der Waals surface area contributed by atoms with Crippen molar-refractivity contribution in [3.63, 3.8) is 0 Å². The zero-order chi connectivity index (χ0) is 7.98. The molecule has 0 unspecified atom stereocenters. The highest BCUT2D eigenvalue weighted by Crippen LogP contribution is 1.97. The molecular formula is C6H12NO3-. The summed E-state index contributed by atoms with van der Waals surface area (Å²) >= 11 is 0. The van der Waals surface area contributed by atoms with Gasteiger partial charge < -0.3 is 15.2 Å². The first-order valence-electron chi connectivity index (χ1n) is 3.07. The predicted octanol–water partition coefficient (Wildman–Crippen LogP) is 0.634. The fourth-order valence-electron chi connectivity index (χ4n) is 0.341. The second-order valence-corrected chi connectivity index (χ2v) is 1.77. The van der Waals surface area contributed by atoms with Gasteiger partial charge in [0.05, 0.1) is 6.61 Å². The standard InChI is InChI=1S/C6H12NO3/c1-3-6(2)10-7(9)4-5-8/h3,8H,4-5H2,1-2H3/q-1. The lowest BCUT2D eigenvalue weighted by atomic mass is 10.5. The van der Waals surface area contributed by atoms with Gasteiger partial charge in [-0.15, -0.1) is 0 Å². The van der Waals surface area contributed by atoms with Gasteiger partial charge in [-0.2, -0.15) is 0 Å². The average Bonchev–Trinajstić information content (AvgIpc) is 1.88. The first-order chi connectivity index (χ1) is 4.70. The van der Waals surface area contributed by atoms with Crippen LogP contribution < -0.4 is 0 Å². The lowest BCUT2D eigenvalue weighted by molar-refractivity contribution is -0.0821. The second-order valence-electron chi connectivity index (χ2n) is 1.77. The van der Waals surface area contributed by atoms with Crippen molar-refractivity contribution in [3.8, 4) is 0 Å². The third-order valence-electron chi connectivity index (χ3n) is 0.935. The van der Waals surface area contributed by atoms with E-state index in [1.165, 1.54) is 0 Å². The van der Waals surface area contributed by atoms with Crippen molar-refractivity contribution in [2.45, 2.75) is 13.8 Å². The van der Waals surface area contributed by atoms with Gasteiger partial charge in [0.1, 0.15) is 5.76 Å². The van der Waals surface area contributed by atoms with Crippen LogP contribution in [0.25, 0.3) is 0 Å². The molecule has 0 aliphatic heterocycles. The van der Waals surface area contributed by atoms with Gasteiger partial charge in [-0.25, -0.2) is 5.23 Å². The molecule has 0 rings (SSSR count). The maximum absolute atomic E-state index is 10.5. The van der Waals surface area contributed by atoms with Crippen LogP contribution in [0.15, 0.2) is 11.8 Å². The molecule has 0 fully saturated rings. The molecule has 0 aliphatic rings. The minimum Gasteiger partial charge on any atom is -0.753 e. The van der Waals surface area contributed by atoms with Crippen molar-refractivity contribution in [1.29, 1.82) is 0 Å². The van der Waals surface area contributed by atoms with Crippen LogP contribution in [0, 0.1) is 5.21 Å². The van der Waals surface area contributed by atoms with Crippen molar-refractivity contribution in [2.24, 2.45) is 0 Å². The minimum absolute atomic E-state index is 0.0226. The summed E-state index contributed by atoms with van der Waals surface area (Å²) in [5.41, 5.74) is 0. The van der Waals surface area contributed by atoms with Crippen LogP contribution in [-0.4, -0.2) is 23.5 Å². The Balaban J connectivity index is 3.47. The Kier molecular flexibility index (Phi) is 4.92. The average molecular weight is 146 g/mol. The fraction of sp³-hybridized carbons (Fsp3) is 0.667. The molecule has 1 N–H and O–H groups in total. The Labute approximate surface area is 60.2 Å². The summed E-state index contributed by atoms with van der Waals surface area (Å²) < 4.78 is 0. The van der Waals surface area contributed by atoms with Crippen LogP contribution in [0.1, 0.15) is 13.8 Å². The lowest BCUT2D eigenvalue weighted by Gasteiger charge is -2.26. The molecule has 0 aromatic heterocycles. The summed E-state index contributed by atoms with van der Waals surface area (Å²) in [5, 5.41) is 19.1. The maximum atomic E-state index is 10.5. The third kappa shape index (κ3) is 4.31. The van der Waals surface area contributed by atoms with Gasteiger partial charge in [-0.3, -0.25) is 0 Å². The molecule has 0 aliphatic carbocycles. The Bertz CT molecular complexity index is 114. The van der Waals surface area contributed by atoms with Crippen LogP contribution in [0.2, 0.25) is 0 Å². The van der Waals surface area contributed by atoms with Gasteiger partial charge in [0.15, 0.2) is 0 Å². The van der Waals surface area contributed by atoms with Gasteiger partial charge in [0.2, 0.25) is 0 Å². The number of hydrogen-bond acceptors (Lipinski definition) is 4. The molecule has 10 heavy (non-hydrogen) atoms. The molecule has 4 nitrogen and oxygen atoms in total. The minimum atomic E-state index is -0.194. The first-order valence-corrected chi connectivity index (χ1v) is 3.07. The highest BCUT2D eigenvalue weighted by molar-refractivity contribution is 4.83. The van der Waals surface area contributed by atoms with E-state index in [0.29, 0.717) is 11.0 Å². The molecule has 0 aromatic rings. The van der Waals surface area contributed by atoms with Crippen molar-refractivity contribution in [1.82, 2.24) is 5.23 Å². The number of rotatable bonds is 4. The normalized spacial score (nSPS) is 12.3. The topological polar surface area (TPSA) is 55.8 Å². The second kappa shape index (κ2) is 5.22. The van der Waals surface area contributed by atoms with E-state index in [-0.39, 0.29) is 13.2 Å². The maximum Gasteiger partial charge on any atom is 0.115 e. The number of allylic oxidation sites excluding steroid dienone is 2. The van der Waals surface area contributed by atoms with E-state index in [2.05, 4.69) is 4.84 Å². The van der Waals surface area contributed by atoms with Gasteiger partial charge in [0, 0.05) is 6.54 Å². The third-order valence-corrected chi connectivity index (χ3v) is 0.935. The molecule has 0 radical (unpaired) electrons. The van der Waals surface area contributed by atoms with Crippen LogP contribution in [-0.2, 0) is 4.84 Å². The van der Waals surface area contributed by atoms with Gasteiger partial charge in [-0.1, -0.05) is 0 Å². The predicted molar refractivity (Wildman–Crippen MR) is 37.7 cm³/mol. The SMILES string of the molecule is CC=C(C)ON([O-])CCO. The molecule has 0 bridgehead atoms. The van der Waals surface area contributed by atoms with E-state index < -0.39 is 0 Å². The smallest absolute Gasteiger partial charge is 0.115 e. The number of aliphatic hydroxyl groups is 1. The summed E-state index contributed by atoms with van der Waals surface area (Å²) in [4.78, 5) is 4.62. The van der Waals surface area contributed by atoms with Gasteiger partial charge in [-0.05, 0) is 19.9 Å². The highest BCUT2D eigenvalue weighted by atomic mass is 16.9. The van der Waals surface area contributed by atoms with Crippen LogP contribution in [0.3, 0.4) is 0 Å². The molecule has 0 saturated heterocycles. The Morgan fingerprint density at radius 2 is 2.40 bits per heavy atom. The fourth-order valence-corrected chi connectivity index (χ4v) is 0.341. The van der Waals surface area contributed by atoms with Gasteiger partial charge >= 0.3 is 0 Å². The molecule has 4 heteroatoms. The van der Waals surface area contributed by atoms with Crippen molar-refractivity contribution in [3.05, 3.63) is 17.0 Å². The van der Waals surface area contributed by atoms with E-state index in [9.17, 15) is 5.21 Å².